The minimum atomic E-state index is -3.18. The third-order valence-electron chi connectivity index (χ3n) is 2.19. The molecule has 0 amide bonds. The zero-order valence-corrected chi connectivity index (χ0v) is 10.0. The molecule has 16 heavy (non-hydrogen) atoms. The second-order valence-electron chi connectivity index (χ2n) is 3.28. The van der Waals surface area contributed by atoms with Crippen LogP contribution in [0, 0.1) is 12.3 Å². The molecule has 0 saturated heterocycles. The molecule has 4 heteroatoms. The van der Waals surface area contributed by atoms with Gasteiger partial charge < -0.3 is 5.32 Å². The van der Waals surface area contributed by atoms with Crippen LogP contribution in [0.4, 0.5) is 5.69 Å². The molecule has 0 aliphatic rings. The fourth-order valence-corrected chi connectivity index (χ4v) is 2.38. The molecule has 0 spiro atoms. The number of sulfone groups is 1. The van der Waals surface area contributed by atoms with E-state index in [0.29, 0.717) is 23.5 Å². The van der Waals surface area contributed by atoms with Gasteiger partial charge in [0.05, 0.1) is 16.3 Å². The predicted molar refractivity (Wildman–Crippen MR) is 66.1 cm³/mol. The normalized spacial score (nSPS) is 10.8. The molecule has 0 aromatic heterocycles. The van der Waals surface area contributed by atoms with Crippen molar-refractivity contribution in [1.29, 1.82) is 0 Å². The van der Waals surface area contributed by atoms with Gasteiger partial charge in [-0.05, 0) is 12.1 Å². The van der Waals surface area contributed by atoms with Crippen molar-refractivity contribution in [3.63, 3.8) is 0 Å². The number of benzene rings is 1. The number of nitrogens with one attached hydrogen (secondary N) is 1. The Hall–Kier alpha value is -1.47. The smallest absolute Gasteiger partial charge is 0.180 e. The summed E-state index contributed by atoms with van der Waals surface area (Å²) in [5.41, 5.74) is 0.625. The van der Waals surface area contributed by atoms with Crippen molar-refractivity contribution in [1.82, 2.24) is 0 Å². The molecule has 1 aromatic rings. The lowest BCUT2D eigenvalue weighted by atomic mass is 10.3. The van der Waals surface area contributed by atoms with Crippen LogP contribution in [0.3, 0.4) is 0 Å². The van der Waals surface area contributed by atoms with Gasteiger partial charge in [0.1, 0.15) is 0 Å². The van der Waals surface area contributed by atoms with Gasteiger partial charge in [0.2, 0.25) is 0 Å². The van der Waals surface area contributed by atoms with E-state index < -0.39 is 9.84 Å². The quantitative estimate of drug-likeness (QED) is 0.628. The Balaban J connectivity index is 2.98. The molecule has 0 radical (unpaired) electrons. The number of hydrogen-bond acceptors (Lipinski definition) is 3. The van der Waals surface area contributed by atoms with E-state index in [9.17, 15) is 8.42 Å². The van der Waals surface area contributed by atoms with E-state index in [1.165, 1.54) is 0 Å². The first-order valence-electron chi connectivity index (χ1n) is 5.11. The minimum Gasteiger partial charge on any atom is -0.383 e. The molecule has 0 saturated carbocycles. The van der Waals surface area contributed by atoms with Gasteiger partial charge in [-0.25, -0.2) is 8.42 Å². The molecular weight excluding hydrogens is 222 g/mol. The molecule has 0 aliphatic heterocycles. The van der Waals surface area contributed by atoms with E-state index in [1.54, 1.807) is 31.2 Å². The Kier molecular flexibility index (Phi) is 4.39. The zero-order chi connectivity index (χ0) is 12.0. The second kappa shape index (κ2) is 5.57. The summed E-state index contributed by atoms with van der Waals surface area (Å²) >= 11 is 0. The van der Waals surface area contributed by atoms with Gasteiger partial charge in [0, 0.05) is 13.0 Å². The zero-order valence-electron chi connectivity index (χ0n) is 9.23. The summed E-state index contributed by atoms with van der Waals surface area (Å²) in [5, 5.41) is 3.03. The number of rotatable bonds is 5. The van der Waals surface area contributed by atoms with Crippen molar-refractivity contribution >= 4 is 15.5 Å². The predicted octanol–water partition coefficient (Wildman–Crippen LogP) is 1.92. The van der Waals surface area contributed by atoms with Crippen molar-refractivity contribution < 1.29 is 8.42 Å². The molecule has 1 N–H and O–H groups in total. The number of para-hydroxylation sites is 1. The Labute approximate surface area is 96.8 Å². The first-order valence-corrected chi connectivity index (χ1v) is 6.76. The molecule has 86 valence electrons. The molecule has 0 bridgehead atoms. The molecule has 0 aliphatic carbocycles. The summed E-state index contributed by atoms with van der Waals surface area (Å²) in [6.45, 7) is 2.21. The van der Waals surface area contributed by atoms with Gasteiger partial charge in [0.15, 0.2) is 9.84 Å². The SMILES string of the molecule is C#CCCNc1ccccc1S(=O)(=O)CC. The van der Waals surface area contributed by atoms with Crippen LogP contribution in [0.5, 0.6) is 0 Å². The lowest BCUT2D eigenvalue weighted by Crippen LogP contribution is -2.09. The van der Waals surface area contributed by atoms with E-state index in [2.05, 4.69) is 11.2 Å². The lowest BCUT2D eigenvalue weighted by Gasteiger charge is -2.10. The van der Waals surface area contributed by atoms with Gasteiger partial charge in [-0.2, -0.15) is 0 Å². The van der Waals surface area contributed by atoms with Crippen molar-refractivity contribution in [3.05, 3.63) is 24.3 Å². The van der Waals surface area contributed by atoms with E-state index >= 15 is 0 Å². The number of hydrogen-bond donors (Lipinski definition) is 1. The van der Waals surface area contributed by atoms with Crippen LogP contribution >= 0.6 is 0 Å². The second-order valence-corrected chi connectivity index (χ2v) is 5.53. The van der Waals surface area contributed by atoms with E-state index in [4.69, 9.17) is 6.42 Å². The highest BCUT2D eigenvalue weighted by atomic mass is 32.2. The van der Waals surface area contributed by atoms with Crippen LogP contribution in [0.15, 0.2) is 29.2 Å². The molecular formula is C12H15NO2S. The van der Waals surface area contributed by atoms with Crippen LogP contribution in [-0.4, -0.2) is 20.7 Å². The summed E-state index contributed by atoms with van der Waals surface area (Å²) in [4.78, 5) is 0.342. The molecule has 0 heterocycles. The first-order chi connectivity index (χ1) is 7.61. The average Bonchev–Trinajstić information content (AvgIpc) is 2.30. The maximum absolute atomic E-state index is 11.8. The minimum absolute atomic E-state index is 0.0980. The van der Waals surface area contributed by atoms with Crippen LogP contribution in [-0.2, 0) is 9.84 Å². The Morgan fingerprint density at radius 2 is 2.06 bits per heavy atom. The maximum atomic E-state index is 11.8. The Bertz CT molecular complexity index is 486. The standard InChI is InChI=1S/C12H15NO2S/c1-3-5-10-13-11-8-6-7-9-12(11)16(14,15)4-2/h1,6-9,13H,4-5,10H2,2H3. The molecule has 1 aromatic carbocycles. The van der Waals surface area contributed by atoms with Crippen molar-refractivity contribution in [2.45, 2.75) is 18.2 Å². The summed E-state index contributed by atoms with van der Waals surface area (Å²) in [5.74, 6) is 2.60. The van der Waals surface area contributed by atoms with Gasteiger partial charge in [-0.3, -0.25) is 0 Å². The lowest BCUT2D eigenvalue weighted by molar-refractivity contribution is 0.597. The first kappa shape index (κ1) is 12.6. The topological polar surface area (TPSA) is 46.2 Å². The van der Waals surface area contributed by atoms with Crippen LogP contribution in [0.25, 0.3) is 0 Å². The summed E-state index contributed by atoms with van der Waals surface area (Å²) in [6, 6.07) is 6.87. The van der Waals surface area contributed by atoms with Crippen LogP contribution in [0.2, 0.25) is 0 Å². The van der Waals surface area contributed by atoms with Crippen LogP contribution in [0.1, 0.15) is 13.3 Å². The van der Waals surface area contributed by atoms with Crippen molar-refractivity contribution in [2.75, 3.05) is 17.6 Å². The largest absolute Gasteiger partial charge is 0.383 e. The summed E-state index contributed by atoms with van der Waals surface area (Å²) < 4.78 is 23.5. The van der Waals surface area contributed by atoms with Gasteiger partial charge >= 0.3 is 0 Å². The van der Waals surface area contributed by atoms with Crippen LogP contribution < -0.4 is 5.32 Å². The highest BCUT2D eigenvalue weighted by Crippen LogP contribution is 2.21. The van der Waals surface area contributed by atoms with Gasteiger partial charge in [-0.15, -0.1) is 12.3 Å². The fraction of sp³-hybridized carbons (Fsp3) is 0.333. The number of terminal acetylenes is 1. The molecule has 1 rings (SSSR count). The Morgan fingerprint density at radius 1 is 1.38 bits per heavy atom. The van der Waals surface area contributed by atoms with Gasteiger partial charge in [0.25, 0.3) is 0 Å². The van der Waals surface area contributed by atoms with Gasteiger partial charge in [-0.1, -0.05) is 19.1 Å². The monoisotopic (exact) mass is 237 g/mol. The summed E-state index contributed by atoms with van der Waals surface area (Å²) in [7, 11) is -3.18. The molecule has 0 atom stereocenters. The van der Waals surface area contributed by atoms with E-state index in [-0.39, 0.29) is 5.75 Å². The molecule has 0 unspecified atom stereocenters. The third-order valence-corrected chi connectivity index (χ3v) is 3.97. The van der Waals surface area contributed by atoms with Crippen molar-refractivity contribution in [2.24, 2.45) is 0 Å². The third kappa shape index (κ3) is 3.01. The molecule has 0 fully saturated rings. The summed E-state index contributed by atoms with van der Waals surface area (Å²) in [6.07, 6.45) is 5.70. The molecule has 3 nitrogen and oxygen atoms in total. The fourth-order valence-electron chi connectivity index (χ4n) is 1.31. The Morgan fingerprint density at radius 3 is 2.69 bits per heavy atom. The highest BCUT2D eigenvalue weighted by molar-refractivity contribution is 7.91. The van der Waals surface area contributed by atoms with Crippen molar-refractivity contribution in [3.8, 4) is 12.3 Å². The van der Waals surface area contributed by atoms with E-state index in [1.807, 2.05) is 0 Å². The maximum Gasteiger partial charge on any atom is 0.180 e. The number of anilines is 1. The highest BCUT2D eigenvalue weighted by Gasteiger charge is 2.15. The average molecular weight is 237 g/mol. The van der Waals surface area contributed by atoms with E-state index in [0.717, 1.165) is 0 Å².